The van der Waals surface area contributed by atoms with E-state index in [1.54, 1.807) is 0 Å². The number of para-hydroxylation sites is 1. The Morgan fingerprint density at radius 1 is 0.415 bits per heavy atom. The van der Waals surface area contributed by atoms with Crippen molar-refractivity contribution in [3.63, 3.8) is 0 Å². The second-order valence-corrected chi connectivity index (χ2v) is 13.7. The summed E-state index contributed by atoms with van der Waals surface area (Å²) >= 11 is 0. The van der Waals surface area contributed by atoms with Crippen LogP contribution in [0.15, 0.2) is 194 Å². The summed E-state index contributed by atoms with van der Waals surface area (Å²) in [5.74, 6) is 0.689. The van der Waals surface area contributed by atoms with Crippen LogP contribution in [0.25, 0.3) is 55.3 Å². The third-order valence-corrected chi connectivity index (χ3v) is 11.0. The largest absolute Gasteiger partial charge is 0.309 e. The molecular formula is C49H32N4. The summed E-state index contributed by atoms with van der Waals surface area (Å²) in [7, 11) is 0. The van der Waals surface area contributed by atoms with Gasteiger partial charge in [0.2, 0.25) is 0 Å². The Morgan fingerprint density at radius 3 is 1.70 bits per heavy atom. The van der Waals surface area contributed by atoms with Gasteiger partial charge in [-0.25, -0.2) is 9.97 Å². The molecule has 0 saturated heterocycles. The van der Waals surface area contributed by atoms with Crippen LogP contribution in [0.5, 0.6) is 0 Å². The number of rotatable bonds is 4. The van der Waals surface area contributed by atoms with Gasteiger partial charge in [-0.1, -0.05) is 164 Å². The molecule has 11 rings (SSSR count). The second kappa shape index (κ2) is 11.5. The van der Waals surface area contributed by atoms with Crippen LogP contribution < -0.4 is 9.80 Å². The number of hydrogen-bond donors (Lipinski definition) is 0. The molecule has 0 atom stereocenters. The van der Waals surface area contributed by atoms with Crippen molar-refractivity contribution in [2.45, 2.75) is 5.66 Å². The summed E-state index contributed by atoms with van der Waals surface area (Å²) in [4.78, 5) is 15.9. The predicted octanol–water partition coefficient (Wildman–Crippen LogP) is 12.3. The first-order valence-electron chi connectivity index (χ1n) is 18.1. The normalized spacial score (nSPS) is 13.7. The molecule has 2 aliphatic rings. The van der Waals surface area contributed by atoms with Gasteiger partial charge in [0.15, 0.2) is 11.5 Å². The van der Waals surface area contributed by atoms with Crippen molar-refractivity contribution < 1.29 is 0 Å². The lowest BCUT2D eigenvalue weighted by molar-refractivity contribution is 0.540. The van der Waals surface area contributed by atoms with Crippen molar-refractivity contribution >= 4 is 44.3 Å². The second-order valence-electron chi connectivity index (χ2n) is 13.7. The van der Waals surface area contributed by atoms with Crippen LogP contribution in [0.4, 0.5) is 22.7 Å². The molecular weight excluding hydrogens is 645 g/mol. The molecule has 9 aromatic rings. The monoisotopic (exact) mass is 676 g/mol. The molecule has 2 heterocycles. The van der Waals surface area contributed by atoms with Crippen LogP contribution in [-0.4, -0.2) is 9.97 Å². The van der Waals surface area contributed by atoms with E-state index in [9.17, 15) is 0 Å². The highest BCUT2D eigenvalue weighted by Gasteiger charge is 2.56. The van der Waals surface area contributed by atoms with Crippen molar-refractivity contribution in [2.75, 3.05) is 9.80 Å². The van der Waals surface area contributed by atoms with E-state index in [4.69, 9.17) is 9.97 Å². The molecule has 0 saturated carbocycles. The number of fused-ring (bicyclic) bond motifs is 6. The third-order valence-electron chi connectivity index (χ3n) is 11.0. The number of hydrogen-bond acceptors (Lipinski definition) is 4. The summed E-state index contributed by atoms with van der Waals surface area (Å²) in [5, 5.41) is 4.67. The molecule has 1 spiro atoms. The highest BCUT2D eigenvalue weighted by Crippen LogP contribution is 2.63. The molecule has 8 aromatic carbocycles. The van der Waals surface area contributed by atoms with Gasteiger partial charge < -0.3 is 9.80 Å². The lowest BCUT2D eigenvalue weighted by Gasteiger charge is -2.55. The minimum absolute atomic E-state index is 0.689. The van der Waals surface area contributed by atoms with Crippen LogP contribution in [0, 0.1) is 0 Å². The smallest absolute Gasteiger partial charge is 0.176 e. The summed E-state index contributed by atoms with van der Waals surface area (Å²) < 4.78 is 0. The molecule has 0 unspecified atom stereocenters. The quantitative estimate of drug-likeness (QED) is 0.186. The highest BCUT2D eigenvalue weighted by atomic mass is 15.4. The zero-order chi connectivity index (χ0) is 34.9. The first kappa shape index (κ1) is 29.7. The van der Waals surface area contributed by atoms with Crippen LogP contribution in [0.3, 0.4) is 0 Å². The van der Waals surface area contributed by atoms with Gasteiger partial charge in [-0.2, -0.15) is 0 Å². The Bertz CT molecular complexity index is 2810. The third kappa shape index (κ3) is 4.18. The molecule has 4 nitrogen and oxygen atoms in total. The van der Waals surface area contributed by atoms with Crippen molar-refractivity contribution in [1.82, 2.24) is 9.97 Å². The van der Waals surface area contributed by atoms with E-state index in [0.717, 1.165) is 45.0 Å². The van der Waals surface area contributed by atoms with Gasteiger partial charge in [0, 0.05) is 33.3 Å². The van der Waals surface area contributed by atoms with Gasteiger partial charge in [0.25, 0.3) is 0 Å². The topological polar surface area (TPSA) is 32.3 Å². The first-order valence-corrected chi connectivity index (χ1v) is 18.1. The van der Waals surface area contributed by atoms with Crippen molar-refractivity contribution in [1.29, 1.82) is 0 Å². The Labute approximate surface area is 307 Å². The average Bonchev–Trinajstić information content (AvgIpc) is 3.51. The molecule has 248 valence electrons. The molecule has 0 radical (unpaired) electrons. The molecule has 1 aliphatic heterocycles. The zero-order valence-electron chi connectivity index (χ0n) is 28.8. The maximum absolute atomic E-state index is 5.55. The minimum Gasteiger partial charge on any atom is -0.309 e. The summed E-state index contributed by atoms with van der Waals surface area (Å²) in [6.07, 6.45) is 2.06. The van der Waals surface area contributed by atoms with Crippen LogP contribution in [0.2, 0.25) is 0 Å². The van der Waals surface area contributed by atoms with E-state index >= 15 is 0 Å². The lowest BCUT2D eigenvalue weighted by atomic mass is 9.85. The van der Waals surface area contributed by atoms with Crippen molar-refractivity contribution in [3.05, 3.63) is 205 Å². The van der Waals surface area contributed by atoms with Crippen LogP contribution >= 0.6 is 0 Å². The molecule has 1 aromatic heterocycles. The molecule has 0 fully saturated rings. The van der Waals surface area contributed by atoms with E-state index in [2.05, 4.69) is 186 Å². The molecule has 4 heteroatoms. The number of anilines is 4. The average molecular weight is 677 g/mol. The predicted molar refractivity (Wildman–Crippen MR) is 218 cm³/mol. The molecule has 0 bridgehead atoms. The fourth-order valence-electron chi connectivity index (χ4n) is 8.90. The van der Waals surface area contributed by atoms with E-state index < -0.39 is 5.66 Å². The maximum Gasteiger partial charge on any atom is 0.176 e. The summed E-state index contributed by atoms with van der Waals surface area (Å²) in [5.41, 5.74) is 11.2. The zero-order valence-corrected chi connectivity index (χ0v) is 28.8. The molecule has 0 N–H and O–H groups in total. The first-order chi connectivity index (χ1) is 26.3. The minimum atomic E-state index is -0.853. The molecule has 0 amide bonds. The summed E-state index contributed by atoms with van der Waals surface area (Å²) in [6.45, 7) is 0. The fourth-order valence-corrected chi connectivity index (χ4v) is 8.90. The number of nitrogens with zero attached hydrogens (tertiary/aromatic N) is 4. The van der Waals surface area contributed by atoms with E-state index in [-0.39, 0.29) is 0 Å². The maximum atomic E-state index is 5.55. The van der Waals surface area contributed by atoms with E-state index in [0.29, 0.717) is 5.82 Å². The molecule has 1 aliphatic carbocycles. The standard InChI is InChI=1S/C49H32N4/c1-3-17-35(18-4-1)48-50-32-45(47(51-48)40-27-13-19-33-16-7-8-24-37(33)40)53-44-31-15-21-34-20-14-30-43(46(34)44)52(36-22-5-2-6-23-36)49(53)41-28-11-9-25-38(41)39-26-10-12-29-42(39)49/h1-32H. The summed E-state index contributed by atoms with van der Waals surface area (Å²) in [6, 6.07) is 67.5. The van der Waals surface area contributed by atoms with Crippen molar-refractivity contribution in [3.8, 4) is 33.8 Å². The molecule has 53 heavy (non-hydrogen) atoms. The Balaban J connectivity index is 1.34. The number of aromatic nitrogens is 2. The van der Waals surface area contributed by atoms with Crippen molar-refractivity contribution in [2.24, 2.45) is 0 Å². The van der Waals surface area contributed by atoms with Crippen LogP contribution in [0.1, 0.15) is 11.1 Å². The van der Waals surface area contributed by atoms with E-state index in [1.165, 1.54) is 38.4 Å². The lowest BCUT2D eigenvalue weighted by Crippen LogP contribution is -2.57. The van der Waals surface area contributed by atoms with Gasteiger partial charge in [-0.15, -0.1) is 0 Å². The number of benzene rings is 8. The van der Waals surface area contributed by atoms with Gasteiger partial charge in [-0.3, -0.25) is 0 Å². The SMILES string of the molecule is c1ccc(-c2ncc(N3c4cccc5cccc(c45)N(c4ccccc4)C34c3ccccc3-c3ccccc34)c(-c3cccc4ccccc34)n2)cc1. The van der Waals surface area contributed by atoms with Gasteiger partial charge in [0.1, 0.15) is 0 Å². The van der Waals surface area contributed by atoms with Crippen LogP contribution in [-0.2, 0) is 5.66 Å². The highest BCUT2D eigenvalue weighted by molar-refractivity contribution is 6.12. The fraction of sp³-hybridized carbons (Fsp3) is 0.0204. The Kier molecular flexibility index (Phi) is 6.43. The van der Waals surface area contributed by atoms with Gasteiger partial charge >= 0.3 is 0 Å². The van der Waals surface area contributed by atoms with Gasteiger partial charge in [-0.05, 0) is 51.6 Å². The Hall–Kier alpha value is -7.04. The van der Waals surface area contributed by atoms with Gasteiger partial charge in [0.05, 0.1) is 29.0 Å². The van der Waals surface area contributed by atoms with E-state index in [1.807, 2.05) is 18.2 Å². The Morgan fingerprint density at radius 2 is 0.962 bits per heavy atom.